The van der Waals surface area contributed by atoms with Crippen molar-refractivity contribution in [2.75, 3.05) is 13.1 Å². The van der Waals surface area contributed by atoms with Crippen molar-refractivity contribution in [3.63, 3.8) is 0 Å². The second-order valence-electron chi connectivity index (χ2n) is 7.57. The van der Waals surface area contributed by atoms with Gasteiger partial charge in [0.2, 0.25) is 5.36 Å². The van der Waals surface area contributed by atoms with Gasteiger partial charge < -0.3 is 21.7 Å². The summed E-state index contributed by atoms with van der Waals surface area (Å²) in [7, 11) is -6.00. The molecule has 152 valence electrons. The molecule has 0 aromatic carbocycles. The summed E-state index contributed by atoms with van der Waals surface area (Å²) < 4.78 is 47.8. The molecule has 0 aromatic heterocycles. The molecule has 4 rings (SSSR count). The van der Waals surface area contributed by atoms with Crippen LogP contribution in [0.5, 0.6) is 0 Å². The van der Waals surface area contributed by atoms with Gasteiger partial charge in [0.05, 0.1) is 6.07 Å². The van der Waals surface area contributed by atoms with Gasteiger partial charge in [0.25, 0.3) is 0 Å². The van der Waals surface area contributed by atoms with E-state index in [-0.39, 0.29) is 0 Å². The van der Waals surface area contributed by atoms with Crippen LogP contribution in [-0.2, 0) is 0 Å². The van der Waals surface area contributed by atoms with Crippen molar-refractivity contribution in [1.82, 2.24) is 4.58 Å². The molecular formula is C21H26BF4NO. The number of rotatable bonds is 3. The molecule has 1 saturated carbocycles. The summed E-state index contributed by atoms with van der Waals surface area (Å²) >= 11 is 0. The van der Waals surface area contributed by atoms with Crippen molar-refractivity contribution < 1.29 is 21.7 Å². The zero-order chi connectivity index (χ0) is 20.5. The molecule has 0 aromatic rings. The molecule has 0 saturated heterocycles. The zero-order valence-electron chi connectivity index (χ0n) is 16.5. The Morgan fingerprint density at radius 1 is 1.04 bits per heavy atom. The predicted octanol–water partition coefficient (Wildman–Crippen LogP) is 5.48. The van der Waals surface area contributed by atoms with Gasteiger partial charge in [-0.15, -0.1) is 0 Å². The van der Waals surface area contributed by atoms with Gasteiger partial charge in [-0.25, -0.2) is 4.58 Å². The Kier molecular flexibility index (Phi) is 6.01. The molecule has 7 heteroatoms. The molecule has 28 heavy (non-hydrogen) atoms. The van der Waals surface area contributed by atoms with Crippen LogP contribution >= 0.6 is 0 Å². The number of benzene rings is 1. The van der Waals surface area contributed by atoms with Gasteiger partial charge in [-0.05, 0) is 63.1 Å². The van der Waals surface area contributed by atoms with Gasteiger partial charge in [0.1, 0.15) is 24.6 Å². The molecule has 2 bridgehead atoms. The van der Waals surface area contributed by atoms with Gasteiger partial charge in [-0.1, -0.05) is 12.2 Å². The van der Waals surface area contributed by atoms with E-state index in [1.54, 1.807) is 0 Å². The number of nitrogens with zero attached hydrogens (tertiary/aromatic N) is 1. The van der Waals surface area contributed by atoms with Crippen LogP contribution in [0, 0.1) is 18.8 Å². The van der Waals surface area contributed by atoms with E-state index in [1.165, 1.54) is 35.1 Å². The normalized spacial score (nSPS) is 23.0. The second-order valence-corrected chi connectivity index (χ2v) is 7.57. The fraction of sp³-hybridized carbons (Fsp3) is 0.476. The van der Waals surface area contributed by atoms with Crippen molar-refractivity contribution in [3.8, 4) is 11.3 Å². The maximum atomic E-state index is 9.75. The summed E-state index contributed by atoms with van der Waals surface area (Å²) in [6.45, 7) is 8.67. The van der Waals surface area contributed by atoms with Crippen LogP contribution in [0.25, 0.3) is 11.3 Å². The Morgan fingerprint density at radius 3 is 2.25 bits per heavy atom. The van der Waals surface area contributed by atoms with Gasteiger partial charge in [-0.3, -0.25) is 0 Å². The van der Waals surface area contributed by atoms with Gasteiger partial charge in [0, 0.05) is 17.5 Å². The minimum atomic E-state index is -6.00. The standard InChI is InChI=1S/C21H26NO.BF4/c1-4-22(5-2)17-8-9-18-14(3)10-20(23-21(18)13-17)19-12-15-6-7-16(19)11-15;2-1(3,4)5/h6-10,13,15-16,19H,4-5,11-12H2,1-3H3;/q+1;-1. The minimum absolute atomic E-state index is 0.574. The Morgan fingerprint density at radius 2 is 1.71 bits per heavy atom. The van der Waals surface area contributed by atoms with E-state index in [0.29, 0.717) is 11.8 Å². The smallest absolute Gasteiger partial charge is 0.461 e. The molecule has 3 atom stereocenters. The Bertz CT molecular complexity index is 890. The number of hydrogen-bond acceptors (Lipinski definition) is 1. The molecule has 0 radical (unpaired) electrons. The van der Waals surface area contributed by atoms with Crippen LogP contribution < -0.4 is 9.93 Å². The van der Waals surface area contributed by atoms with Crippen molar-refractivity contribution in [3.05, 3.63) is 53.1 Å². The highest BCUT2D eigenvalue weighted by atomic mass is 19.5. The van der Waals surface area contributed by atoms with E-state index in [1.807, 2.05) is 0 Å². The summed E-state index contributed by atoms with van der Waals surface area (Å²) in [4.78, 5) is 0. The maximum Gasteiger partial charge on any atom is 0.673 e. The van der Waals surface area contributed by atoms with Crippen molar-refractivity contribution in [2.45, 2.75) is 39.5 Å². The monoisotopic (exact) mass is 395 g/mol. The van der Waals surface area contributed by atoms with Crippen LogP contribution in [0.4, 0.5) is 17.3 Å². The molecule has 1 fully saturated rings. The fourth-order valence-electron chi connectivity index (χ4n) is 4.44. The number of aryl methyl sites for hydroxylation is 1. The maximum absolute atomic E-state index is 9.75. The molecule has 2 nitrogen and oxygen atoms in total. The lowest BCUT2D eigenvalue weighted by Crippen LogP contribution is -2.29. The third-order valence-electron chi connectivity index (χ3n) is 5.75. The summed E-state index contributed by atoms with van der Waals surface area (Å²) in [5, 5.41) is 1.26. The van der Waals surface area contributed by atoms with E-state index >= 15 is 0 Å². The summed E-state index contributed by atoms with van der Waals surface area (Å²) in [5.74, 6) is 4.26. The SMILES string of the molecule is CC[N+](CC)=c1ccc2c(C)cc(C3CC4C=CC3C4)oc-2c1.F[B-](F)(F)F. The number of allylic oxidation sites excluding steroid dienone is 2. The van der Waals surface area contributed by atoms with Gasteiger partial charge >= 0.3 is 7.25 Å². The van der Waals surface area contributed by atoms with Gasteiger partial charge in [-0.2, -0.15) is 0 Å². The Labute approximate surface area is 163 Å². The highest BCUT2D eigenvalue weighted by Crippen LogP contribution is 2.49. The first kappa shape index (κ1) is 20.7. The first-order chi connectivity index (χ1) is 13.2. The van der Waals surface area contributed by atoms with Crippen LogP contribution in [0.15, 0.2) is 40.8 Å². The Hall–Kier alpha value is -2.05. The molecule has 0 N–H and O–H groups in total. The molecule has 4 aliphatic rings. The average Bonchev–Trinajstić information content (AvgIpc) is 3.24. The zero-order valence-corrected chi connectivity index (χ0v) is 16.5. The number of hydrogen-bond donors (Lipinski definition) is 0. The summed E-state index contributed by atoms with van der Waals surface area (Å²) in [6, 6.07) is 8.94. The first-order valence-corrected chi connectivity index (χ1v) is 9.87. The van der Waals surface area contributed by atoms with Crippen molar-refractivity contribution in [1.29, 1.82) is 0 Å². The average molecular weight is 395 g/mol. The quantitative estimate of drug-likeness (QED) is 0.291. The number of halogens is 4. The lowest BCUT2D eigenvalue weighted by atomic mass is 9.89. The highest BCUT2D eigenvalue weighted by Gasteiger charge is 2.38. The third-order valence-corrected chi connectivity index (χ3v) is 5.75. The van der Waals surface area contributed by atoms with Crippen LogP contribution in [0.3, 0.4) is 0 Å². The highest BCUT2D eigenvalue weighted by molar-refractivity contribution is 6.50. The van der Waals surface area contributed by atoms with Crippen LogP contribution in [0.2, 0.25) is 0 Å². The van der Waals surface area contributed by atoms with E-state index in [0.717, 1.165) is 24.8 Å². The van der Waals surface area contributed by atoms with Crippen LogP contribution in [0.1, 0.15) is 43.9 Å². The molecule has 1 heterocycles. The predicted molar refractivity (Wildman–Crippen MR) is 105 cm³/mol. The lowest BCUT2D eigenvalue weighted by Gasteiger charge is -2.20. The molecule has 1 aliphatic heterocycles. The van der Waals surface area contributed by atoms with E-state index in [9.17, 15) is 17.3 Å². The summed E-state index contributed by atoms with van der Waals surface area (Å²) in [5.41, 5.74) is 2.57. The van der Waals surface area contributed by atoms with E-state index < -0.39 is 7.25 Å². The molecule has 3 unspecified atom stereocenters. The lowest BCUT2D eigenvalue weighted by molar-refractivity contribution is 0.368. The summed E-state index contributed by atoms with van der Waals surface area (Å²) in [6.07, 6.45) is 7.37. The second kappa shape index (κ2) is 8.14. The fourth-order valence-corrected chi connectivity index (χ4v) is 4.44. The topological polar surface area (TPSA) is 16.1 Å². The largest absolute Gasteiger partial charge is 0.673 e. The number of fused-ring (bicyclic) bond motifs is 3. The molecule has 3 aliphatic carbocycles. The Balaban J connectivity index is 0.000000403. The van der Waals surface area contributed by atoms with E-state index in [4.69, 9.17) is 4.42 Å². The first-order valence-electron chi connectivity index (χ1n) is 9.87. The molecule has 0 spiro atoms. The molecular weight excluding hydrogens is 369 g/mol. The van der Waals surface area contributed by atoms with Crippen molar-refractivity contribution >= 4 is 7.25 Å². The van der Waals surface area contributed by atoms with Crippen molar-refractivity contribution in [2.24, 2.45) is 11.8 Å². The van der Waals surface area contributed by atoms with E-state index in [2.05, 4.69) is 61.8 Å². The third kappa shape index (κ3) is 4.68. The minimum Gasteiger partial charge on any atom is -0.461 e. The van der Waals surface area contributed by atoms with Crippen LogP contribution in [-0.4, -0.2) is 20.3 Å². The van der Waals surface area contributed by atoms with Gasteiger partial charge in [0.15, 0.2) is 0 Å². The molecule has 0 amide bonds.